The summed E-state index contributed by atoms with van der Waals surface area (Å²) in [5, 5.41) is 0. The van der Waals surface area contributed by atoms with Gasteiger partial charge in [0.25, 0.3) is 0 Å². The van der Waals surface area contributed by atoms with Gasteiger partial charge in [0.15, 0.2) is 0 Å². The number of halogens is 1. The molecule has 0 heterocycles. The molecule has 0 aliphatic heterocycles. The average molecular weight is 201 g/mol. The van der Waals surface area contributed by atoms with Gasteiger partial charge in [-0.1, -0.05) is 11.1 Å². The minimum absolute atomic E-state index is 0.797. The van der Waals surface area contributed by atoms with Crippen molar-refractivity contribution < 1.29 is 8.85 Å². The Morgan fingerprint density at radius 1 is 1.40 bits per heavy atom. The van der Waals surface area contributed by atoms with Crippen molar-refractivity contribution in [3.8, 4) is 0 Å². The van der Waals surface area contributed by atoms with E-state index in [9.17, 15) is 0 Å². The van der Waals surface area contributed by atoms with Crippen LogP contribution in [0.2, 0.25) is 6.04 Å². The minimum atomic E-state index is -2.29. The van der Waals surface area contributed by atoms with Gasteiger partial charge in [-0.2, -0.15) is 12.6 Å². The predicted molar refractivity (Wildman–Crippen MR) is 48.9 cm³/mol. The van der Waals surface area contributed by atoms with Crippen molar-refractivity contribution in [1.82, 2.24) is 0 Å². The molecule has 62 valence electrons. The van der Waals surface area contributed by atoms with E-state index in [1.54, 1.807) is 14.2 Å². The van der Waals surface area contributed by atoms with E-state index in [-0.39, 0.29) is 0 Å². The Labute approximate surface area is 73.2 Å². The van der Waals surface area contributed by atoms with Gasteiger partial charge in [-0.25, -0.2) is 0 Å². The van der Waals surface area contributed by atoms with Crippen molar-refractivity contribution in [3.63, 3.8) is 0 Å². The molecule has 0 bridgehead atoms. The van der Waals surface area contributed by atoms with Crippen LogP contribution in [0.15, 0.2) is 0 Å². The summed E-state index contributed by atoms with van der Waals surface area (Å²) in [4.78, 5) is 0. The van der Waals surface area contributed by atoms with Gasteiger partial charge < -0.3 is 8.85 Å². The van der Waals surface area contributed by atoms with Crippen LogP contribution in [0, 0.1) is 0 Å². The van der Waals surface area contributed by atoms with Gasteiger partial charge in [-0.3, -0.25) is 0 Å². The zero-order valence-electron chi connectivity index (χ0n) is 6.26. The van der Waals surface area contributed by atoms with Gasteiger partial charge in [-0.15, -0.1) is 0 Å². The quantitative estimate of drug-likeness (QED) is 0.415. The van der Waals surface area contributed by atoms with E-state index in [2.05, 4.69) is 12.6 Å². The Bertz CT molecular complexity index is 89.7. The molecule has 0 aliphatic carbocycles. The molecule has 0 fully saturated rings. The van der Waals surface area contributed by atoms with E-state index in [1.807, 2.05) is 0 Å². The molecular weight excluding hydrogens is 188 g/mol. The molecular formula is C5H13ClO2SSi. The van der Waals surface area contributed by atoms with Gasteiger partial charge in [0.1, 0.15) is 0 Å². The third-order valence-corrected chi connectivity index (χ3v) is 5.22. The standard InChI is InChI=1S/C5H13ClO2SSi/c1-7-10(6,8-2)5-3-4-9/h9H,3-5H2,1-2H3. The van der Waals surface area contributed by atoms with Gasteiger partial charge in [0.2, 0.25) is 0 Å². The van der Waals surface area contributed by atoms with Crippen LogP contribution in [0.25, 0.3) is 0 Å². The van der Waals surface area contributed by atoms with Gasteiger partial charge in [0, 0.05) is 20.3 Å². The van der Waals surface area contributed by atoms with Crippen molar-refractivity contribution in [3.05, 3.63) is 0 Å². The zero-order chi connectivity index (χ0) is 8.04. The van der Waals surface area contributed by atoms with Gasteiger partial charge in [-0.05, 0) is 12.2 Å². The van der Waals surface area contributed by atoms with Crippen LogP contribution in [0.1, 0.15) is 6.42 Å². The van der Waals surface area contributed by atoms with Crippen LogP contribution >= 0.6 is 23.7 Å². The van der Waals surface area contributed by atoms with Gasteiger partial charge >= 0.3 is 7.87 Å². The Morgan fingerprint density at radius 3 is 2.20 bits per heavy atom. The van der Waals surface area contributed by atoms with Crippen molar-refractivity contribution >= 4 is 31.6 Å². The molecule has 2 nitrogen and oxygen atoms in total. The zero-order valence-corrected chi connectivity index (χ0v) is 8.91. The highest BCUT2D eigenvalue weighted by atomic mass is 35.6. The number of hydrogen-bond acceptors (Lipinski definition) is 3. The first kappa shape index (κ1) is 10.8. The average Bonchev–Trinajstić information content (AvgIpc) is 2.00. The lowest BCUT2D eigenvalue weighted by atomic mass is 10.6. The summed E-state index contributed by atoms with van der Waals surface area (Å²) in [6.07, 6.45) is 0.945. The lowest BCUT2D eigenvalue weighted by molar-refractivity contribution is 0.265. The molecule has 0 saturated heterocycles. The molecule has 0 unspecified atom stereocenters. The third-order valence-electron chi connectivity index (χ3n) is 1.24. The van der Waals surface area contributed by atoms with Crippen molar-refractivity contribution in [2.45, 2.75) is 12.5 Å². The summed E-state index contributed by atoms with van der Waals surface area (Å²) < 4.78 is 10.1. The lowest BCUT2D eigenvalue weighted by Crippen LogP contribution is -2.33. The minimum Gasteiger partial charge on any atom is -0.386 e. The second-order valence-corrected chi connectivity index (χ2v) is 6.71. The Hall–Kier alpha value is 0.777. The van der Waals surface area contributed by atoms with Crippen LogP contribution in [0.3, 0.4) is 0 Å². The summed E-state index contributed by atoms with van der Waals surface area (Å²) in [5.41, 5.74) is 0. The molecule has 0 aliphatic rings. The lowest BCUT2D eigenvalue weighted by Gasteiger charge is -2.18. The Morgan fingerprint density at radius 2 is 1.90 bits per heavy atom. The first-order valence-electron chi connectivity index (χ1n) is 3.08. The first-order valence-corrected chi connectivity index (χ1v) is 6.75. The third kappa shape index (κ3) is 3.83. The molecule has 0 aromatic heterocycles. The maximum absolute atomic E-state index is 5.95. The largest absolute Gasteiger partial charge is 0.442 e. The first-order chi connectivity index (χ1) is 4.68. The van der Waals surface area contributed by atoms with E-state index < -0.39 is 7.87 Å². The molecule has 0 N–H and O–H groups in total. The van der Waals surface area contributed by atoms with Crippen LogP contribution in [0.4, 0.5) is 0 Å². The fourth-order valence-corrected chi connectivity index (χ4v) is 2.61. The monoisotopic (exact) mass is 200 g/mol. The summed E-state index contributed by atoms with van der Waals surface area (Å²) in [6, 6.07) is 0.797. The normalized spacial score (nSPS) is 12.0. The Kier molecular flexibility index (Phi) is 5.85. The van der Waals surface area contributed by atoms with Crippen molar-refractivity contribution in [1.29, 1.82) is 0 Å². The van der Waals surface area contributed by atoms with Crippen molar-refractivity contribution in [2.24, 2.45) is 0 Å². The van der Waals surface area contributed by atoms with Crippen LogP contribution < -0.4 is 0 Å². The number of thiol groups is 1. The molecule has 0 saturated carbocycles. The smallest absolute Gasteiger partial charge is 0.386 e. The molecule has 0 spiro atoms. The highest BCUT2D eigenvalue weighted by Gasteiger charge is 2.31. The highest BCUT2D eigenvalue weighted by Crippen LogP contribution is 2.18. The second kappa shape index (κ2) is 5.43. The number of hydrogen-bond donors (Lipinski definition) is 1. The summed E-state index contributed by atoms with van der Waals surface area (Å²) in [5.74, 6) is 0.828. The number of rotatable bonds is 5. The maximum Gasteiger partial charge on any atom is 0.442 e. The Balaban J connectivity index is 3.58. The van der Waals surface area contributed by atoms with Crippen LogP contribution in [-0.2, 0) is 8.85 Å². The molecule has 10 heavy (non-hydrogen) atoms. The van der Waals surface area contributed by atoms with Crippen LogP contribution in [0.5, 0.6) is 0 Å². The van der Waals surface area contributed by atoms with Crippen molar-refractivity contribution in [2.75, 3.05) is 20.0 Å². The molecule has 0 atom stereocenters. The maximum atomic E-state index is 5.95. The topological polar surface area (TPSA) is 18.5 Å². The predicted octanol–water partition coefficient (Wildman–Crippen LogP) is 1.78. The second-order valence-electron chi connectivity index (χ2n) is 1.90. The molecule has 0 aromatic carbocycles. The van der Waals surface area contributed by atoms with E-state index in [1.165, 1.54) is 0 Å². The molecule has 0 rings (SSSR count). The summed E-state index contributed by atoms with van der Waals surface area (Å²) in [6.45, 7) is 0. The van der Waals surface area contributed by atoms with E-state index in [4.69, 9.17) is 19.9 Å². The summed E-state index contributed by atoms with van der Waals surface area (Å²) >= 11 is 10.0. The van der Waals surface area contributed by atoms with Gasteiger partial charge in [0.05, 0.1) is 0 Å². The summed E-state index contributed by atoms with van der Waals surface area (Å²) in [7, 11) is 0.874. The fraction of sp³-hybridized carbons (Fsp3) is 1.00. The highest BCUT2D eigenvalue weighted by molar-refractivity contribution is 7.80. The molecule has 5 heteroatoms. The van der Waals surface area contributed by atoms with E-state index >= 15 is 0 Å². The molecule has 0 amide bonds. The molecule has 0 aromatic rings. The fourth-order valence-electron chi connectivity index (χ4n) is 0.578. The van der Waals surface area contributed by atoms with Crippen LogP contribution in [-0.4, -0.2) is 27.8 Å². The van der Waals surface area contributed by atoms with E-state index in [0.717, 1.165) is 18.2 Å². The van der Waals surface area contributed by atoms with E-state index in [0.29, 0.717) is 0 Å². The molecule has 0 radical (unpaired) electrons. The SMILES string of the molecule is CO[Si](Cl)(CCCS)OC.